The summed E-state index contributed by atoms with van der Waals surface area (Å²) in [6.45, 7) is 5.63. The number of aryl methyl sites for hydroxylation is 1. The lowest BCUT2D eigenvalue weighted by Gasteiger charge is -2.25. The van der Waals surface area contributed by atoms with Gasteiger partial charge in [0, 0.05) is 18.1 Å². The Morgan fingerprint density at radius 1 is 1.65 bits per heavy atom. The number of carbonyl (C=O) groups excluding carboxylic acids is 1. The smallest absolute Gasteiger partial charge is 0.233 e. The first-order valence-electron chi connectivity index (χ1n) is 5.99. The highest BCUT2D eigenvalue weighted by molar-refractivity contribution is 7.09. The molecule has 0 aliphatic carbocycles. The summed E-state index contributed by atoms with van der Waals surface area (Å²) in [6, 6.07) is 0. The van der Waals surface area contributed by atoms with Crippen molar-refractivity contribution in [3.05, 3.63) is 5.82 Å². The van der Waals surface area contributed by atoms with Gasteiger partial charge in [-0.25, -0.2) is 4.98 Å². The van der Waals surface area contributed by atoms with E-state index >= 15 is 0 Å². The van der Waals surface area contributed by atoms with Crippen LogP contribution in [0.2, 0.25) is 0 Å². The number of rotatable bonds is 4. The Balaban J connectivity index is 2.06. The van der Waals surface area contributed by atoms with Crippen LogP contribution < -0.4 is 10.6 Å². The molecule has 17 heavy (non-hydrogen) atoms. The van der Waals surface area contributed by atoms with Gasteiger partial charge in [0.2, 0.25) is 11.0 Å². The van der Waals surface area contributed by atoms with Crippen LogP contribution in [0, 0.1) is 12.3 Å². The van der Waals surface area contributed by atoms with Gasteiger partial charge in [-0.1, -0.05) is 13.3 Å². The minimum atomic E-state index is -0.256. The lowest BCUT2D eigenvalue weighted by atomic mass is 9.81. The van der Waals surface area contributed by atoms with E-state index in [1.807, 2.05) is 6.92 Å². The highest BCUT2D eigenvalue weighted by Gasteiger charge is 2.40. The van der Waals surface area contributed by atoms with Crippen LogP contribution in [0.4, 0.5) is 5.13 Å². The fraction of sp³-hybridized carbons (Fsp3) is 0.727. The maximum Gasteiger partial charge on any atom is 0.233 e. The number of aromatic nitrogens is 2. The quantitative estimate of drug-likeness (QED) is 0.856. The SMILES string of the molecule is CCCC1(C(=O)Nc2nc(C)ns2)CCNC1. The molecule has 1 aliphatic heterocycles. The van der Waals surface area contributed by atoms with Gasteiger partial charge in [0.25, 0.3) is 0 Å². The summed E-state index contributed by atoms with van der Waals surface area (Å²) in [5.74, 6) is 0.792. The van der Waals surface area contributed by atoms with Crippen molar-refractivity contribution in [2.24, 2.45) is 5.41 Å². The predicted molar refractivity (Wildman–Crippen MR) is 68.1 cm³/mol. The van der Waals surface area contributed by atoms with Crippen LogP contribution in [-0.2, 0) is 4.79 Å². The highest BCUT2D eigenvalue weighted by atomic mass is 32.1. The Morgan fingerprint density at radius 3 is 3.00 bits per heavy atom. The van der Waals surface area contributed by atoms with Crippen LogP contribution in [0.1, 0.15) is 32.0 Å². The molecule has 6 heteroatoms. The second-order valence-electron chi connectivity index (χ2n) is 4.56. The van der Waals surface area contributed by atoms with E-state index in [1.54, 1.807) is 0 Å². The second kappa shape index (κ2) is 5.10. The van der Waals surface area contributed by atoms with Gasteiger partial charge in [-0.05, 0) is 26.3 Å². The van der Waals surface area contributed by atoms with Crippen molar-refractivity contribution >= 4 is 22.6 Å². The van der Waals surface area contributed by atoms with E-state index < -0.39 is 0 Å². The van der Waals surface area contributed by atoms with Crippen molar-refractivity contribution in [1.29, 1.82) is 0 Å². The number of amides is 1. The van der Waals surface area contributed by atoms with Crippen molar-refractivity contribution in [3.63, 3.8) is 0 Å². The largest absolute Gasteiger partial charge is 0.316 e. The summed E-state index contributed by atoms with van der Waals surface area (Å²) >= 11 is 1.24. The summed E-state index contributed by atoms with van der Waals surface area (Å²) < 4.78 is 4.07. The Morgan fingerprint density at radius 2 is 2.47 bits per heavy atom. The molecule has 0 bridgehead atoms. The molecule has 0 radical (unpaired) electrons. The van der Waals surface area contributed by atoms with Crippen molar-refractivity contribution in [2.75, 3.05) is 18.4 Å². The van der Waals surface area contributed by atoms with Crippen LogP contribution in [0.25, 0.3) is 0 Å². The second-order valence-corrected chi connectivity index (χ2v) is 5.31. The molecule has 1 aromatic heterocycles. The molecule has 94 valence electrons. The molecule has 5 nitrogen and oxygen atoms in total. The van der Waals surface area contributed by atoms with E-state index in [-0.39, 0.29) is 11.3 Å². The van der Waals surface area contributed by atoms with Gasteiger partial charge < -0.3 is 10.6 Å². The first kappa shape index (κ1) is 12.4. The van der Waals surface area contributed by atoms with E-state index in [9.17, 15) is 4.79 Å². The Hall–Kier alpha value is -1.01. The van der Waals surface area contributed by atoms with Crippen LogP contribution in [0.5, 0.6) is 0 Å². The minimum Gasteiger partial charge on any atom is -0.316 e. The zero-order chi connectivity index (χ0) is 12.3. The molecule has 2 N–H and O–H groups in total. The van der Waals surface area contributed by atoms with Crippen LogP contribution >= 0.6 is 11.5 Å². The minimum absolute atomic E-state index is 0.0838. The third-order valence-corrected chi connectivity index (χ3v) is 3.92. The van der Waals surface area contributed by atoms with Gasteiger partial charge in [-0.3, -0.25) is 4.79 Å². The van der Waals surface area contributed by atoms with Gasteiger partial charge >= 0.3 is 0 Å². The lowest BCUT2D eigenvalue weighted by molar-refractivity contribution is -0.125. The predicted octanol–water partition coefficient (Wildman–Crippen LogP) is 1.56. The number of hydrogen-bond donors (Lipinski definition) is 2. The van der Waals surface area contributed by atoms with Crippen molar-refractivity contribution < 1.29 is 4.79 Å². The average Bonchev–Trinajstić information content (AvgIpc) is 2.89. The van der Waals surface area contributed by atoms with Crippen molar-refractivity contribution in [1.82, 2.24) is 14.7 Å². The summed E-state index contributed by atoms with van der Waals surface area (Å²) in [7, 11) is 0. The van der Waals surface area contributed by atoms with Crippen LogP contribution in [0.3, 0.4) is 0 Å². The maximum atomic E-state index is 12.3. The standard InChI is InChI=1S/C11H18N4OS/c1-3-4-11(5-6-12-7-11)9(16)14-10-13-8(2)15-17-10/h12H,3-7H2,1-2H3,(H,13,14,15,16). The molecule has 0 aromatic carbocycles. The van der Waals surface area contributed by atoms with E-state index in [2.05, 4.69) is 26.9 Å². The van der Waals surface area contributed by atoms with Crippen molar-refractivity contribution in [2.45, 2.75) is 33.1 Å². The molecule has 1 amide bonds. The number of nitrogens with one attached hydrogen (secondary N) is 2. The normalized spacial score (nSPS) is 23.9. The zero-order valence-corrected chi connectivity index (χ0v) is 11.1. The summed E-state index contributed by atoms with van der Waals surface area (Å²) in [5.41, 5.74) is -0.256. The molecule has 2 heterocycles. The molecule has 1 unspecified atom stereocenters. The summed E-state index contributed by atoms with van der Waals surface area (Å²) in [4.78, 5) is 16.5. The van der Waals surface area contributed by atoms with Gasteiger partial charge in [0.1, 0.15) is 5.82 Å². The van der Waals surface area contributed by atoms with Gasteiger partial charge in [0.05, 0.1) is 5.41 Å². The monoisotopic (exact) mass is 254 g/mol. The van der Waals surface area contributed by atoms with Crippen molar-refractivity contribution in [3.8, 4) is 0 Å². The molecule has 1 atom stereocenters. The fourth-order valence-corrected chi connectivity index (χ4v) is 2.89. The third kappa shape index (κ3) is 2.63. The fourth-order valence-electron chi connectivity index (χ4n) is 2.32. The first-order valence-corrected chi connectivity index (χ1v) is 6.76. The Bertz CT molecular complexity index is 398. The highest BCUT2D eigenvalue weighted by Crippen LogP contribution is 2.32. The summed E-state index contributed by atoms with van der Waals surface area (Å²) in [6.07, 6.45) is 2.85. The van der Waals surface area contributed by atoms with E-state index in [1.165, 1.54) is 11.5 Å². The number of carbonyl (C=O) groups is 1. The lowest BCUT2D eigenvalue weighted by Crippen LogP contribution is -2.38. The number of anilines is 1. The third-order valence-electron chi connectivity index (χ3n) is 3.20. The molecule has 0 saturated carbocycles. The molecule has 0 spiro atoms. The van der Waals surface area contributed by atoms with Crippen LogP contribution in [-0.4, -0.2) is 28.4 Å². The Labute approximate surface area is 105 Å². The van der Waals surface area contributed by atoms with E-state index in [0.717, 1.165) is 32.4 Å². The van der Waals surface area contributed by atoms with Crippen LogP contribution in [0.15, 0.2) is 0 Å². The molecule has 1 aromatic rings. The number of nitrogens with zero attached hydrogens (tertiary/aromatic N) is 2. The molecule has 1 aliphatic rings. The molecular weight excluding hydrogens is 236 g/mol. The average molecular weight is 254 g/mol. The zero-order valence-electron chi connectivity index (χ0n) is 10.2. The molecule has 2 rings (SSSR count). The van der Waals surface area contributed by atoms with E-state index in [4.69, 9.17) is 0 Å². The molecule has 1 fully saturated rings. The van der Waals surface area contributed by atoms with Gasteiger partial charge in [-0.15, -0.1) is 0 Å². The molecule has 1 saturated heterocycles. The topological polar surface area (TPSA) is 66.9 Å². The number of hydrogen-bond acceptors (Lipinski definition) is 5. The van der Waals surface area contributed by atoms with Gasteiger partial charge in [-0.2, -0.15) is 4.37 Å². The molecular formula is C11H18N4OS. The van der Waals surface area contributed by atoms with E-state index in [0.29, 0.717) is 11.0 Å². The van der Waals surface area contributed by atoms with Gasteiger partial charge in [0.15, 0.2) is 0 Å². The maximum absolute atomic E-state index is 12.3. The Kier molecular flexibility index (Phi) is 3.73. The summed E-state index contributed by atoms with van der Waals surface area (Å²) in [5, 5.41) is 6.78. The first-order chi connectivity index (χ1) is 8.16.